The number of rotatable bonds is 2. The SMILES string of the molecule is CC(C)(C)O[O][V](=[O])=[O]. The second-order valence-corrected chi connectivity index (χ2v) is 3.42. The molecule has 0 amide bonds. The first-order valence-corrected chi connectivity index (χ1v) is 4.13. The fraction of sp³-hybridized carbons (Fsp3) is 1.00. The van der Waals surface area contributed by atoms with Gasteiger partial charge in [0.1, 0.15) is 0 Å². The van der Waals surface area contributed by atoms with E-state index in [0.29, 0.717) is 0 Å². The first-order valence-electron chi connectivity index (χ1n) is 2.42. The van der Waals surface area contributed by atoms with Crippen LogP contribution in [-0.2, 0) is 31.4 Å². The fourth-order valence-corrected chi connectivity index (χ4v) is 0.586. The normalized spacial score (nSPS) is 11.4. The summed E-state index contributed by atoms with van der Waals surface area (Å²) >= 11 is -3.55. The molecular formula is C4H9O4V. The zero-order valence-corrected chi connectivity index (χ0v) is 6.98. The molecule has 9 heavy (non-hydrogen) atoms. The quantitative estimate of drug-likeness (QED) is 0.459. The predicted octanol–water partition coefficient (Wildman–Crippen LogP) is 0.957. The Morgan fingerprint density at radius 2 is 1.67 bits per heavy atom. The molecule has 0 heterocycles. The summed E-state index contributed by atoms with van der Waals surface area (Å²) in [4.78, 5) is 4.43. The van der Waals surface area contributed by atoms with E-state index in [9.17, 15) is 7.35 Å². The topological polar surface area (TPSA) is 52.6 Å². The van der Waals surface area contributed by atoms with Gasteiger partial charge in [0, 0.05) is 0 Å². The molecule has 0 spiro atoms. The molecule has 0 fully saturated rings. The Labute approximate surface area is 58.4 Å². The second-order valence-electron chi connectivity index (χ2n) is 2.49. The zero-order chi connectivity index (χ0) is 7.49. The van der Waals surface area contributed by atoms with Crippen LogP contribution in [0.3, 0.4) is 0 Å². The van der Waals surface area contributed by atoms with Crippen molar-refractivity contribution in [1.29, 1.82) is 0 Å². The summed E-state index contributed by atoms with van der Waals surface area (Å²) in [6.07, 6.45) is 0. The van der Waals surface area contributed by atoms with Crippen molar-refractivity contribution in [3.8, 4) is 0 Å². The molecule has 5 heteroatoms. The number of hydrogen-bond acceptors (Lipinski definition) is 4. The first-order chi connectivity index (χ1) is 3.92. The van der Waals surface area contributed by atoms with Crippen molar-refractivity contribution in [2.24, 2.45) is 0 Å². The van der Waals surface area contributed by atoms with Gasteiger partial charge in [0.2, 0.25) is 0 Å². The van der Waals surface area contributed by atoms with Gasteiger partial charge in [0.25, 0.3) is 0 Å². The van der Waals surface area contributed by atoms with Crippen molar-refractivity contribution in [3.63, 3.8) is 0 Å². The Morgan fingerprint density at radius 3 is 1.78 bits per heavy atom. The minimum absolute atomic E-state index is 0.554. The van der Waals surface area contributed by atoms with Crippen LogP contribution in [0.15, 0.2) is 0 Å². The molecule has 0 atom stereocenters. The van der Waals surface area contributed by atoms with E-state index in [1.807, 2.05) is 0 Å². The average molecular weight is 172 g/mol. The Bertz CT molecular complexity index is 135. The fourth-order valence-electron chi connectivity index (χ4n) is 0.142. The van der Waals surface area contributed by atoms with Gasteiger partial charge in [0.15, 0.2) is 0 Å². The Hall–Kier alpha value is 0.104. The van der Waals surface area contributed by atoms with Gasteiger partial charge >= 0.3 is 57.8 Å². The summed E-state index contributed by atoms with van der Waals surface area (Å²) in [5, 5.41) is 0. The van der Waals surface area contributed by atoms with Gasteiger partial charge in [-0.15, -0.1) is 0 Å². The molecule has 0 bridgehead atoms. The molecule has 54 valence electrons. The van der Waals surface area contributed by atoms with E-state index in [-0.39, 0.29) is 0 Å². The third-order valence-corrected chi connectivity index (χ3v) is 0.655. The molecular weight excluding hydrogens is 163 g/mol. The van der Waals surface area contributed by atoms with Crippen LogP contribution in [0, 0.1) is 0 Å². The Kier molecular flexibility index (Phi) is 3.36. The Morgan fingerprint density at radius 1 is 1.22 bits per heavy atom. The summed E-state index contributed by atoms with van der Waals surface area (Å²) in [5.74, 6) is 0. The average Bonchev–Trinajstić information content (AvgIpc) is 1.59. The molecule has 0 radical (unpaired) electrons. The van der Waals surface area contributed by atoms with Gasteiger partial charge in [-0.2, -0.15) is 0 Å². The molecule has 0 aliphatic carbocycles. The van der Waals surface area contributed by atoms with Crippen molar-refractivity contribution in [3.05, 3.63) is 0 Å². The summed E-state index contributed by atoms with van der Waals surface area (Å²) in [6, 6.07) is 0. The molecule has 0 saturated heterocycles. The third kappa shape index (κ3) is 8.10. The summed E-state index contributed by atoms with van der Waals surface area (Å²) < 4.78 is 23.6. The molecule has 0 saturated carbocycles. The van der Waals surface area contributed by atoms with E-state index in [2.05, 4.69) is 8.70 Å². The molecule has 0 aliphatic heterocycles. The molecule has 0 aromatic heterocycles. The van der Waals surface area contributed by atoms with E-state index >= 15 is 0 Å². The molecule has 4 nitrogen and oxygen atoms in total. The predicted molar refractivity (Wildman–Crippen MR) is 23.3 cm³/mol. The van der Waals surface area contributed by atoms with Crippen LogP contribution in [0.1, 0.15) is 20.8 Å². The molecule has 0 aromatic rings. The standard InChI is InChI=1S/C4H10O2.2O.V/c1-4(2,3)6-5;;;/h5H,1-3H3;;;/q;;;+1/p-1. The van der Waals surface area contributed by atoms with Gasteiger partial charge in [-0.25, -0.2) is 0 Å². The van der Waals surface area contributed by atoms with Gasteiger partial charge in [-0.05, 0) is 0 Å². The van der Waals surface area contributed by atoms with Crippen molar-refractivity contribution in [2.75, 3.05) is 0 Å². The maximum atomic E-state index is 9.82. The van der Waals surface area contributed by atoms with Crippen LogP contribution in [0.25, 0.3) is 0 Å². The van der Waals surface area contributed by atoms with Gasteiger partial charge < -0.3 is 0 Å². The minimum atomic E-state index is -3.55. The Balaban J connectivity index is 3.52. The van der Waals surface area contributed by atoms with Crippen LogP contribution in [0.4, 0.5) is 0 Å². The van der Waals surface area contributed by atoms with Crippen molar-refractivity contribution < 1.29 is 31.4 Å². The van der Waals surface area contributed by atoms with Crippen molar-refractivity contribution >= 4 is 0 Å². The van der Waals surface area contributed by atoms with Crippen LogP contribution in [0.2, 0.25) is 0 Å². The van der Waals surface area contributed by atoms with E-state index in [0.717, 1.165) is 0 Å². The molecule has 0 N–H and O–H groups in total. The monoisotopic (exact) mass is 172 g/mol. The zero-order valence-electron chi connectivity index (χ0n) is 5.58. The maximum absolute atomic E-state index is 9.82. The van der Waals surface area contributed by atoms with Crippen molar-refractivity contribution in [1.82, 2.24) is 0 Å². The molecule has 0 aromatic carbocycles. The van der Waals surface area contributed by atoms with E-state index < -0.39 is 21.0 Å². The first kappa shape index (κ1) is 9.10. The third-order valence-electron chi connectivity index (χ3n) is 0.348. The van der Waals surface area contributed by atoms with Crippen molar-refractivity contribution in [2.45, 2.75) is 26.4 Å². The summed E-state index contributed by atoms with van der Waals surface area (Å²) in [7, 11) is 0. The van der Waals surface area contributed by atoms with Gasteiger partial charge in [-0.1, -0.05) is 0 Å². The van der Waals surface area contributed by atoms with E-state index in [1.54, 1.807) is 20.8 Å². The summed E-state index contributed by atoms with van der Waals surface area (Å²) in [6.45, 7) is 5.10. The van der Waals surface area contributed by atoms with E-state index in [1.165, 1.54) is 0 Å². The molecule has 0 rings (SSSR count). The van der Waals surface area contributed by atoms with Crippen LogP contribution >= 0.6 is 0 Å². The van der Waals surface area contributed by atoms with E-state index in [4.69, 9.17) is 0 Å². The van der Waals surface area contributed by atoms with Crippen LogP contribution in [0.5, 0.6) is 0 Å². The van der Waals surface area contributed by atoms with Crippen LogP contribution in [-0.4, -0.2) is 5.60 Å². The molecule has 0 aliphatic rings. The van der Waals surface area contributed by atoms with Gasteiger partial charge in [-0.3, -0.25) is 0 Å². The second kappa shape index (κ2) is 3.32. The summed E-state index contributed by atoms with van der Waals surface area (Å²) in [5.41, 5.74) is -0.554. The van der Waals surface area contributed by atoms with Crippen LogP contribution < -0.4 is 0 Å². The van der Waals surface area contributed by atoms with Gasteiger partial charge in [0.05, 0.1) is 0 Å². The molecule has 0 unspecified atom stereocenters. The number of hydrogen-bond donors (Lipinski definition) is 0.